The van der Waals surface area contributed by atoms with Gasteiger partial charge in [-0.2, -0.15) is 14.9 Å². The lowest BCUT2D eigenvalue weighted by Gasteiger charge is -2.16. The zero-order valence-corrected chi connectivity index (χ0v) is 15.9. The summed E-state index contributed by atoms with van der Waals surface area (Å²) in [5.74, 6) is -2.40. The first kappa shape index (κ1) is 19.9. The molecule has 0 atom stereocenters. The second-order valence-corrected chi connectivity index (χ2v) is 6.24. The first-order chi connectivity index (χ1) is 13.8. The monoisotopic (exact) mass is 400 g/mol. The van der Waals surface area contributed by atoms with E-state index in [9.17, 15) is 8.78 Å². The van der Waals surface area contributed by atoms with Gasteiger partial charge in [0.1, 0.15) is 0 Å². The van der Waals surface area contributed by atoms with Gasteiger partial charge in [0.25, 0.3) is 0 Å². The Hall–Kier alpha value is -3.87. The molecule has 3 N–H and O–H groups in total. The zero-order chi connectivity index (χ0) is 21.1. The largest absolute Gasteiger partial charge is 0.490 e. The van der Waals surface area contributed by atoms with Crippen LogP contribution in [0, 0.1) is 23.0 Å². The number of nitrogens with two attached hydrogens (primary N) is 1. The predicted octanol–water partition coefficient (Wildman–Crippen LogP) is 3.54. The van der Waals surface area contributed by atoms with Crippen LogP contribution in [0.3, 0.4) is 0 Å². The smallest absolute Gasteiger partial charge is 0.248 e. The number of hydrogen-bond acceptors (Lipinski definition) is 7. The van der Waals surface area contributed by atoms with Crippen molar-refractivity contribution in [3.05, 3.63) is 47.5 Å². The molecule has 0 saturated carbocycles. The summed E-state index contributed by atoms with van der Waals surface area (Å²) >= 11 is 0. The van der Waals surface area contributed by atoms with Crippen LogP contribution in [0.5, 0.6) is 11.5 Å². The lowest BCUT2D eigenvalue weighted by atomic mass is 10.2. The molecule has 0 radical (unpaired) electrons. The number of ether oxygens (including phenoxy) is 2. The van der Waals surface area contributed by atoms with E-state index >= 15 is 0 Å². The third kappa shape index (κ3) is 4.03. The number of hydrogen-bond donors (Lipinski definition) is 2. The van der Waals surface area contributed by atoms with Crippen LogP contribution in [0.25, 0.3) is 5.69 Å². The van der Waals surface area contributed by atoms with Crippen LogP contribution >= 0.6 is 0 Å². The van der Waals surface area contributed by atoms with E-state index in [1.165, 1.54) is 11.8 Å². The third-order valence-electron chi connectivity index (χ3n) is 3.81. The maximum atomic E-state index is 14.8. The molecule has 0 unspecified atom stereocenters. The first-order valence-corrected chi connectivity index (χ1v) is 8.56. The number of halogens is 2. The quantitative estimate of drug-likeness (QED) is 0.651. The minimum absolute atomic E-state index is 0.0183. The van der Waals surface area contributed by atoms with E-state index in [0.29, 0.717) is 11.3 Å². The molecule has 0 fully saturated rings. The van der Waals surface area contributed by atoms with Gasteiger partial charge in [-0.05, 0) is 38.1 Å². The number of methoxy groups -OCH3 is 1. The standard InChI is InChI=1S/C19H18F2N6O2/c1-10(2)29-16-13(20)8-14(15(21)17(16)28-3)24-19-25-18(23)27(26-19)12-6-4-11(9-22)5-7-12/h4-8,10H,1-3H3,(H3,23,24,25,26). The highest BCUT2D eigenvalue weighted by Gasteiger charge is 2.23. The highest BCUT2D eigenvalue weighted by molar-refractivity contribution is 5.62. The van der Waals surface area contributed by atoms with Crippen LogP contribution in [0.15, 0.2) is 30.3 Å². The van der Waals surface area contributed by atoms with Crippen molar-refractivity contribution in [1.82, 2.24) is 14.8 Å². The van der Waals surface area contributed by atoms with Crippen LogP contribution in [0.1, 0.15) is 19.4 Å². The Balaban J connectivity index is 1.94. The number of nitrogens with one attached hydrogen (secondary N) is 1. The van der Waals surface area contributed by atoms with Crippen molar-refractivity contribution in [3.63, 3.8) is 0 Å². The van der Waals surface area contributed by atoms with Crippen molar-refractivity contribution in [1.29, 1.82) is 5.26 Å². The lowest BCUT2D eigenvalue weighted by Crippen LogP contribution is -2.10. The van der Waals surface area contributed by atoms with Gasteiger partial charge in [-0.25, -0.2) is 8.78 Å². The van der Waals surface area contributed by atoms with Crippen molar-refractivity contribution in [2.24, 2.45) is 0 Å². The van der Waals surface area contributed by atoms with Crippen molar-refractivity contribution < 1.29 is 18.3 Å². The van der Waals surface area contributed by atoms with Gasteiger partial charge < -0.3 is 20.5 Å². The SMILES string of the molecule is COc1c(F)c(Nc2nc(N)n(-c3ccc(C#N)cc3)n2)cc(F)c1OC(C)C. The Morgan fingerprint density at radius 3 is 2.48 bits per heavy atom. The summed E-state index contributed by atoms with van der Waals surface area (Å²) in [4.78, 5) is 4.01. The van der Waals surface area contributed by atoms with Crippen LogP contribution in [0.4, 0.5) is 26.4 Å². The summed E-state index contributed by atoms with van der Waals surface area (Å²) in [7, 11) is 1.21. The average Bonchev–Trinajstić information content (AvgIpc) is 3.06. The minimum Gasteiger partial charge on any atom is -0.490 e. The molecule has 0 amide bonds. The molecule has 3 aromatic rings. The number of anilines is 3. The number of rotatable bonds is 6. The molecule has 0 saturated heterocycles. The Labute approximate surface area is 165 Å². The van der Waals surface area contributed by atoms with Gasteiger partial charge in [0.2, 0.25) is 23.4 Å². The molecule has 3 rings (SSSR count). The summed E-state index contributed by atoms with van der Waals surface area (Å²) in [6.07, 6.45) is -0.374. The van der Waals surface area contributed by atoms with E-state index < -0.39 is 11.6 Å². The van der Waals surface area contributed by atoms with Gasteiger partial charge >= 0.3 is 0 Å². The summed E-state index contributed by atoms with van der Waals surface area (Å²) in [5.41, 5.74) is 6.65. The topological polar surface area (TPSA) is 111 Å². The van der Waals surface area contributed by atoms with Gasteiger partial charge in [0.15, 0.2) is 11.6 Å². The number of nitriles is 1. The Bertz CT molecular complexity index is 1070. The summed E-state index contributed by atoms with van der Waals surface area (Å²) in [5, 5.41) is 15.6. The molecule has 8 nitrogen and oxygen atoms in total. The summed E-state index contributed by atoms with van der Waals surface area (Å²) in [6.45, 7) is 3.37. The van der Waals surface area contributed by atoms with E-state index in [-0.39, 0.29) is 35.2 Å². The van der Waals surface area contributed by atoms with Gasteiger partial charge in [0, 0.05) is 6.07 Å². The van der Waals surface area contributed by atoms with Crippen molar-refractivity contribution in [3.8, 4) is 23.3 Å². The highest BCUT2D eigenvalue weighted by atomic mass is 19.1. The predicted molar refractivity (Wildman–Crippen MR) is 102 cm³/mol. The number of benzene rings is 2. The Morgan fingerprint density at radius 2 is 1.90 bits per heavy atom. The number of nitrogen functional groups attached to an aromatic ring is 1. The second-order valence-electron chi connectivity index (χ2n) is 6.24. The van der Waals surface area contributed by atoms with Crippen LogP contribution in [0.2, 0.25) is 0 Å². The van der Waals surface area contributed by atoms with Crippen LogP contribution < -0.4 is 20.5 Å². The van der Waals surface area contributed by atoms with Gasteiger partial charge in [-0.1, -0.05) is 0 Å². The molecule has 1 aromatic heterocycles. The molecule has 29 heavy (non-hydrogen) atoms. The van der Waals surface area contributed by atoms with E-state index in [2.05, 4.69) is 15.4 Å². The van der Waals surface area contributed by atoms with E-state index in [1.807, 2.05) is 6.07 Å². The summed E-state index contributed by atoms with van der Waals surface area (Å²) < 4.78 is 40.8. The molecule has 0 spiro atoms. The van der Waals surface area contributed by atoms with Crippen molar-refractivity contribution in [2.45, 2.75) is 20.0 Å². The van der Waals surface area contributed by atoms with Crippen molar-refractivity contribution in [2.75, 3.05) is 18.2 Å². The molecule has 0 bridgehead atoms. The minimum atomic E-state index is -0.863. The average molecular weight is 400 g/mol. The maximum absolute atomic E-state index is 14.8. The molecular formula is C19H18F2N6O2. The third-order valence-corrected chi connectivity index (χ3v) is 3.81. The molecule has 0 aliphatic heterocycles. The van der Waals surface area contributed by atoms with E-state index in [0.717, 1.165) is 6.07 Å². The molecule has 0 aliphatic carbocycles. The van der Waals surface area contributed by atoms with Gasteiger partial charge in [-0.15, -0.1) is 5.10 Å². The van der Waals surface area contributed by atoms with Crippen LogP contribution in [-0.2, 0) is 0 Å². The normalized spacial score (nSPS) is 10.7. The molecule has 2 aromatic carbocycles. The molecule has 150 valence electrons. The van der Waals surface area contributed by atoms with Gasteiger partial charge in [0.05, 0.1) is 36.2 Å². The lowest BCUT2D eigenvalue weighted by molar-refractivity contribution is 0.215. The molecule has 1 heterocycles. The highest BCUT2D eigenvalue weighted by Crippen LogP contribution is 2.38. The van der Waals surface area contributed by atoms with Crippen molar-refractivity contribution >= 4 is 17.6 Å². The molecule has 0 aliphatic rings. The van der Waals surface area contributed by atoms with E-state index in [1.54, 1.807) is 38.1 Å². The fraction of sp³-hybridized carbons (Fsp3) is 0.211. The van der Waals surface area contributed by atoms with Gasteiger partial charge in [-0.3, -0.25) is 0 Å². The first-order valence-electron chi connectivity index (χ1n) is 8.56. The summed E-state index contributed by atoms with van der Waals surface area (Å²) in [6, 6.07) is 9.39. The second kappa shape index (κ2) is 8.02. The number of nitrogens with zero attached hydrogens (tertiary/aromatic N) is 4. The Morgan fingerprint density at radius 1 is 1.21 bits per heavy atom. The molecular weight excluding hydrogens is 382 g/mol. The fourth-order valence-electron chi connectivity index (χ4n) is 2.57. The maximum Gasteiger partial charge on any atom is 0.248 e. The van der Waals surface area contributed by atoms with E-state index in [4.69, 9.17) is 20.5 Å². The zero-order valence-electron chi connectivity index (χ0n) is 15.9. The van der Waals surface area contributed by atoms with Crippen LogP contribution in [-0.4, -0.2) is 28.0 Å². The number of aromatic nitrogens is 3. The Kier molecular flexibility index (Phi) is 5.50. The fourth-order valence-corrected chi connectivity index (χ4v) is 2.57. The molecule has 10 heteroatoms.